The first-order chi connectivity index (χ1) is 9.18. The monoisotopic (exact) mass is 415 g/mol. The van der Waals surface area contributed by atoms with Crippen molar-refractivity contribution >= 4 is 64.3 Å². The van der Waals surface area contributed by atoms with Crippen molar-refractivity contribution in [1.82, 2.24) is 9.91 Å². The molecule has 1 rings (SSSR count). The molecule has 124 valence electrons. The average molecular weight is 417 g/mol. The van der Waals surface area contributed by atoms with Crippen LogP contribution >= 0.6 is 58.0 Å². The van der Waals surface area contributed by atoms with Gasteiger partial charge in [-0.2, -0.15) is 27.1 Å². The van der Waals surface area contributed by atoms with Crippen LogP contribution in [0.4, 0.5) is 22.0 Å². The molecule has 0 amide bonds. The van der Waals surface area contributed by atoms with Gasteiger partial charge in [-0.25, -0.2) is 0 Å². The molecule has 1 aliphatic heterocycles. The van der Waals surface area contributed by atoms with Crippen LogP contribution in [0.25, 0.3) is 0 Å². The van der Waals surface area contributed by atoms with Crippen molar-refractivity contribution in [2.75, 3.05) is 6.54 Å². The zero-order valence-corrected chi connectivity index (χ0v) is 13.8. The Morgan fingerprint density at radius 1 is 1.05 bits per heavy atom. The summed E-state index contributed by atoms with van der Waals surface area (Å²) in [6.07, 6.45) is -8.00. The molecule has 21 heavy (non-hydrogen) atoms. The van der Waals surface area contributed by atoms with Gasteiger partial charge in [0, 0.05) is 6.54 Å². The average Bonchev–Trinajstić information content (AvgIpc) is 2.70. The SMILES string of the molecule is CCN1N=CN(C(Cl)(Cl)C(Cl)(Cl)Cl)C1C(F)(F)C(F)(F)F. The van der Waals surface area contributed by atoms with E-state index in [9.17, 15) is 22.0 Å². The van der Waals surface area contributed by atoms with E-state index in [1.807, 2.05) is 0 Å². The Labute approximate surface area is 141 Å². The van der Waals surface area contributed by atoms with E-state index in [0.717, 1.165) is 0 Å². The summed E-state index contributed by atoms with van der Waals surface area (Å²) in [6.45, 7) is 1.02. The zero-order chi connectivity index (χ0) is 16.9. The quantitative estimate of drug-likeness (QED) is 0.380. The molecular formula is C8H7Cl5F5N3. The second-order valence-corrected chi connectivity index (χ2v) is 7.50. The summed E-state index contributed by atoms with van der Waals surface area (Å²) in [7, 11) is 0. The Balaban J connectivity index is 3.31. The standard InChI is InChI=1S/C8H7Cl5F5N3/c1-2-21-4(5(14,15)8(16,17)18)20(3-19-21)7(12,13)6(9,10)11/h3-4H,2H2,1H3. The van der Waals surface area contributed by atoms with Gasteiger partial charge in [0.1, 0.15) is 6.34 Å². The molecule has 3 nitrogen and oxygen atoms in total. The van der Waals surface area contributed by atoms with E-state index in [1.54, 1.807) is 0 Å². The molecule has 0 bridgehead atoms. The molecule has 0 saturated carbocycles. The fourth-order valence-electron chi connectivity index (χ4n) is 1.53. The van der Waals surface area contributed by atoms with E-state index in [4.69, 9.17) is 58.0 Å². The van der Waals surface area contributed by atoms with Gasteiger partial charge < -0.3 is 0 Å². The van der Waals surface area contributed by atoms with Crippen LogP contribution in [0, 0.1) is 0 Å². The van der Waals surface area contributed by atoms with Crippen LogP contribution in [0.5, 0.6) is 0 Å². The van der Waals surface area contributed by atoms with E-state index in [-0.39, 0.29) is 11.4 Å². The van der Waals surface area contributed by atoms with Crippen molar-refractivity contribution in [2.45, 2.75) is 33.4 Å². The van der Waals surface area contributed by atoms with Crippen LogP contribution < -0.4 is 0 Å². The summed E-state index contributed by atoms with van der Waals surface area (Å²) < 4.78 is 60.0. The number of nitrogens with zero attached hydrogens (tertiary/aromatic N) is 3. The van der Waals surface area contributed by atoms with Gasteiger partial charge in [0.15, 0.2) is 6.17 Å². The van der Waals surface area contributed by atoms with Gasteiger partial charge in [0.05, 0.1) is 0 Å². The maximum Gasteiger partial charge on any atom is 0.457 e. The Kier molecular flexibility index (Phi) is 5.34. The minimum atomic E-state index is -5.88. The normalized spacial score (nSPS) is 21.4. The number of alkyl halides is 10. The summed E-state index contributed by atoms with van der Waals surface area (Å²) in [5, 5.41) is 3.82. The highest BCUT2D eigenvalue weighted by Gasteiger charge is 2.70. The molecule has 0 aromatic rings. The van der Waals surface area contributed by atoms with E-state index in [1.165, 1.54) is 6.92 Å². The molecule has 1 heterocycles. The maximum absolute atomic E-state index is 13.7. The van der Waals surface area contributed by atoms with Crippen LogP contribution in [-0.4, -0.2) is 49.3 Å². The van der Waals surface area contributed by atoms with E-state index < -0.39 is 26.5 Å². The van der Waals surface area contributed by atoms with Crippen LogP contribution in [0.3, 0.4) is 0 Å². The predicted octanol–water partition coefficient (Wildman–Crippen LogP) is 4.59. The third-order valence-electron chi connectivity index (χ3n) is 2.56. The lowest BCUT2D eigenvalue weighted by molar-refractivity contribution is -0.315. The van der Waals surface area contributed by atoms with E-state index in [0.29, 0.717) is 11.3 Å². The van der Waals surface area contributed by atoms with Gasteiger partial charge in [0.2, 0.25) is 8.25 Å². The molecule has 0 saturated heterocycles. The lowest BCUT2D eigenvalue weighted by atomic mass is 10.2. The van der Waals surface area contributed by atoms with Crippen LogP contribution in [0.15, 0.2) is 5.10 Å². The molecule has 0 N–H and O–H groups in total. The van der Waals surface area contributed by atoms with Gasteiger partial charge >= 0.3 is 12.1 Å². The highest BCUT2D eigenvalue weighted by molar-refractivity contribution is 6.75. The molecule has 0 spiro atoms. The summed E-state index contributed by atoms with van der Waals surface area (Å²) in [6, 6.07) is 0. The highest BCUT2D eigenvalue weighted by Crippen LogP contribution is 2.52. The van der Waals surface area contributed by atoms with Crippen molar-refractivity contribution < 1.29 is 22.0 Å². The van der Waals surface area contributed by atoms with E-state index >= 15 is 0 Å². The first-order valence-electron chi connectivity index (χ1n) is 5.16. The third kappa shape index (κ3) is 3.34. The topological polar surface area (TPSA) is 18.8 Å². The van der Waals surface area contributed by atoms with Crippen molar-refractivity contribution in [3.63, 3.8) is 0 Å². The summed E-state index contributed by atoms with van der Waals surface area (Å²) >= 11 is 27.7. The second kappa shape index (κ2) is 5.78. The zero-order valence-electron chi connectivity index (χ0n) is 9.98. The molecule has 1 atom stereocenters. The molecule has 0 aliphatic carbocycles. The fraction of sp³-hybridized carbons (Fsp3) is 0.875. The number of halogens is 10. The molecule has 0 aromatic heterocycles. The Bertz CT molecular complexity index is 422. The van der Waals surface area contributed by atoms with E-state index in [2.05, 4.69) is 5.10 Å². The van der Waals surface area contributed by atoms with Crippen molar-refractivity contribution in [1.29, 1.82) is 0 Å². The van der Waals surface area contributed by atoms with Gasteiger partial charge in [0.25, 0.3) is 0 Å². The summed E-state index contributed by atoms with van der Waals surface area (Å²) in [5.41, 5.74) is 0. The predicted molar refractivity (Wildman–Crippen MR) is 72.2 cm³/mol. The minimum absolute atomic E-state index is 0.153. The summed E-state index contributed by atoms with van der Waals surface area (Å²) in [5.74, 6) is -5.23. The van der Waals surface area contributed by atoms with Crippen LogP contribution in [0.2, 0.25) is 0 Å². The Hall–Kier alpha value is 0.370. The van der Waals surface area contributed by atoms with Gasteiger partial charge in [-0.1, -0.05) is 58.0 Å². The Morgan fingerprint density at radius 2 is 1.52 bits per heavy atom. The first kappa shape index (κ1) is 19.4. The maximum atomic E-state index is 13.7. The van der Waals surface area contributed by atoms with Gasteiger partial charge in [-0.05, 0) is 6.92 Å². The summed E-state index contributed by atoms with van der Waals surface area (Å²) in [4.78, 5) is 0.153. The molecule has 0 radical (unpaired) electrons. The molecule has 13 heteroatoms. The largest absolute Gasteiger partial charge is 0.457 e. The molecule has 0 fully saturated rings. The number of hydrogen-bond donors (Lipinski definition) is 0. The fourth-order valence-corrected chi connectivity index (χ4v) is 2.09. The van der Waals surface area contributed by atoms with Crippen molar-refractivity contribution in [3.8, 4) is 0 Å². The number of rotatable bonds is 3. The highest BCUT2D eigenvalue weighted by atomic mass is 35.6. The molecular weight excluding hydrogens is 410 g/mol. The van der Waals surface area contributed by atoms with Crippen molar-refractivity contribution in [2.24, 2.45) is 5.10 Å². The number of hydrogen-bond acceptors (Lipinski definition) is 3. The molecule has 1 aliphatic rings. The lowest BCUT2D eigenvalue weighted by Crippen LogP contribution is -2.64. The Morgan fingerprint density at radius 3 is 1.86 bits per heavy atom. The van der Waals surface area contributed by atoms with Gasteiger partial charge in [-0.15, -0.1) is 0 Å². The minimum Gasteiger partial charge on any atom is -0.298 e. The van der Waals surface area contributed by atoms with Crippen molar-refractivity contribution in [3.05, 3.63) is 0 Å². The molecule has 0 aromatic carbocycles. The first-order valence-corrected chi connectivity index (χ1v) is 7.05. The van der Waals surface area contributed by atoms with Gasteiger partial charge in [-0.3, -0.25) is 9.91 Å². The third-order valence-corrected chi connectivity index (χ3v) is 4.92. The second-order valence-electron chi connectivity index (χ2n) is 3.93. The van der Waals surface area contributed by atoms with Crippen LogP contribution in [0.1, 0.15) is 6.92 Å². The number of hydrazone groups is 1. The smallest absolute Gasteiger partial charge is 0.298 e. The van der Waals surface area contributed by atoms with Crippen LogP contribution in [-0.2, 0) is 0 Å². The molecule has 1 unspecified atom stereocenters. The lowest BCUT2D eigenvalue weighted by Gasteiger charge is -2.43.